The fraction of sp³-hybridized carbons (Fsp3) is 0.400. The summed E-state index contributed by atoms with van der Waals surface area (Å²) in [5.74, 6) is -0.866. The number of nitrogens with two attached hydrogens (primary N) is 1. The summed E-state index contributed by atoms with van der Waals surface area (Å²) in [6.07, 6.45) is -0.851. The fourth-order valence-electron chi connectivity index (χ4n) is 1.18. The van der Waals surface area contributed by atoms with Crippen LogP contribution in [-0.4, -0.2) is 26.2 Å². The van der Waals surface area contributed by atoms with Crippen LogP contribution in [0.5, 0.6) is 0 Å². The summed E-state index contributed by atoms with van der Waals surface area (Å²) in [7, 11) is -3.99. The Kier molecular flexibility index (Phi) is 4.07. The quantitative estimate of drug-likeness (QED) is 0.684. The van der Waals surface area contributed by atoms with Crippen LogP contribution in [-0.2, 0) is 10.0 Å². The van der Waals surface area contributed by atoms with Gasteiger partial charge in [-0.2, -0.15) is 0 Å². The van der Waals surface area contributed by atoms with E-state index in [2.05, 4.69) is 4.72 Å². The van der Waals surface area contributed by atoms with Gasteiger partial charge >= 0.3 is 0 Å². The van der Waals surface area contributed by atoms with E-state index >= 15 is 0 Å². The van der Waals surface area contributed by atoms with Crippen LogP contribution in [0.3, 0.4) is 0 Å². The van der Waals surface area contributed by atoms with Gasteiger partial charge in [0, 0.05) is 12.2 Å². The highest BCUT2D eigenvalue weighted by molar-refractivity contribution is 7.89. The Morgan fingerprint density at radius 3 is 2.65 bits per heavy atom. The molecule has 1 rings (SSSR count). The summed E-state index contributed by atoms with van der Waals surface area (Å²) < 4.78 is 39.0. The number of aliphatic hydroxyl groups excluding tert-OH is 1. The summed E-state index contributed by atoms with van der Waals surface area (Å²) in [5, 5.41) is 8.99. The average Bonchev–Trinajstić information content (AvgIpc) is 2.20. The molecule has 0 saturated heterocycles. The molecule has 1 aromatic carbocycles. The molecule has 0 aliphatic rings. The van der Waals surface area contributed by atoms with Crippen molar-refractivity contribution in [3.8, 4) is 0 Å². The second-order valence-electron chi connectivity index (χ2n) is 3.84. The fourth-order valence-corrected chi connectivity index (χ4v) is 2.40. The molecule has 0 heterocycles. The topological polar surface area (TPSA) is 92.4 Å². The van der Waals surface area contributed by atoms with Crippen molar-refractivity contribution in [2.45, 2.75) is 24.8 Å². The smallest absolute Gasteiger partial charge is 0.243 e. The van der Waals surface area contributed by atoms with E-state index < -0.39 is 26.8 Å². The third-order valence-electron chi connectivity index (χ3n) is 2.18. The molecule has 0 aliphatic carbocycles. The molecule has 0 saturated carbocycles. The molecule has 0 aliphatic heterocycles. The van der Waals surface area contributed by atoms with Crippen molar-refractivity contribution >= 4 is 15.7 Å². The van der Waals surface area contributed by atoms with Crippen molar-refractivity contribution in [2.75, 3.05) is 12.3 Å². The summed E-state index contributed by atoms with van der Waals surface area (Å²) in [6, 6.07) is 2.13. The number of hydrogen-bond acceptors (Lipinski definition) is 4. The minimum absolute atomic E-state index is 0.185. The SMILES string of the molecule is Cc1cc(F)c(S(=O)(=O)NC[C@@H](C)O)cc1N. The molecule has 1 atom stereocenters. The lowest BCUT2D eigenvalue weighted by molar-refractivity contribution is 0.198. The molecule has 0 bridgehead atoms. The number of aliphatic hydroxyl groups is 1. The molecular formula is C10H15FN2O3S. The Balaban J connectivity index is 3.11. The van der Waals surface area contributed by atoms with Gasteiger partial charge in [0.25, 0.3) is 0 Å². The molecule has 1 aromatic rings. The third-order valence-corrected chi connectivity index (χ3v) is 3.62. The maximum atomic E-state index is 13.5. The van der Waals surface area contributed by atoms with E-state index in [1.54, 1.807) is 6.92 Å². The molecule has 0 amide bonds. The highest BCUT2D eigenvalue weighted by atomic mass is 32.2. The van der Waals surface area contributed by atoms with Crippen molar-refractivity contribution in [3.05, 3.63) is 23.5 Å². The van der Waals surface area contributed by atoms with Gasteiger partial charge in [0.2, 0.25) is 10.0 Å². The van der Waals surface area contributed by atoms with Crippen molar-refractivity contribution in [2.24, 2.45) is 0 Å². The monoisotopic (exact) mass is 262 g/mol. The Labute approximate surface area is 99.5 Å². The molecule has 4 N–H and O–H groups in total. The van der Waals surface area contributed by atoms with E-state index in [1.165, 1.54) is 6.92 Å². The predicted molar refractivity (Wildman–Crippen MR) is 62.4 cm³/mol. The first kappa shape index (κ1) is 13.9. The second kappa shape index (κ2) is 4.99. The molecule has 0 fully saturated rings. The van der Waals surface area contributed by atoms with Crippen LogP contribution in [0.1, 0.15) is 12.5 Å². The second-order valence-corrected chi connectivity index (χ2v) is 5.58. The van der Waals surface area contributed by atoms with Crippen LogP contribution in [0.2, 0.25) is 0 Å². The number of benzene rings is 1. The maximum absolute atomic E-state index is 13.5. The highest BCUT2D eigenvalue weighted by Crippen LogP contribution is 2.21. The first-order valence-corrected chi connectivity index (χ1v) is 6.45. The Morgan fingerprint density at radius 1 is 1.53 bits per heavy atom. The van der Waals surface area contributed by atoms with Crippen LogP contribution in [0.15, 0.2) is 17.0 Å². The van der Waals surface area contributed by atoms with Crippen LogP contribution < -0.4 is 10.5 Å². The number of halogens is 1. The Bertz CT molecular complexity index is 515. The van der Waals surface area contributed by atoms with E-state index in [4.69, 9.17) is 10.8 Å². The summed E-state index contributed by atoms with van der Waals surface area (Å²) in [6.45, 7) is 2.82. The van der Waals surface area contributed by atoms with Gasteiger partial charge in [-0.3, -0.25) is 0 Å². The van der Waals surface area contributed by atoms with Crippen molar-refractivity contribution in [1.82, 2.24) is 4.72 Å². The number of nitrogen functional groups attached to an aromatic ring is 1. The zero-order valence-corrected chi connectivity index (χ0v) is 10.4. The highest BCUT2D eigenvalue weighted by Gasteiger charge is 2.20. The first-order chi connectivity index (χ1) is 7.74. The van der Waals surface area contributed by atoms with E-state index in [0.29, 0.717) is 5.56 Å². The van der Waals surface area contributed by atoms with E-state index in [-0.39, 0.29) is 12.2 Å². The Hall–Kier alpha value is -1.18. The van der Waals surface area contributed by atoms with Crippen molar-refractivity contribution in [3.63, 3.8) is 0 Å². The van der Waals surface area contributed by atoms with Crippen molar-refractivity contribution < 1.29 is 17.9 Å². The molecule has 0 radical (unpaired) electrons. The van der Waals surface area contributed by atoms with E-state index in [9.17, 15) is 12.8 Å². The van der Waals surface area contributed by atoms with Gasteiger partial charge in [-0.15, -0.1) is 0 Å². The minimum atomic E-state index is -3.99. The van der Waals surface area contributed by atoms with E-state index in [0.717, 1.165) is 12.1 Å². The predicted octanol–water partition coefficient (Wildman–Crippen LogP) is 0.375. The van der Waals surface area contributed by atoms with Gasteiger partial charge in [-0.25, -0.2) is 17.5 Å². The minimum Gasteiger partial charge on any atom is -0.398 e. The van der Waals surface area contributed by atoms with Crippen LogP contribution in [0, 0.1) is 12.7 Å². The number of aryl methyl sites for hydroxylation is 1. The number of nitrogens with one attached hydrogen (secondary N) is 1. The summed E-state index contributed by atoms with van der Waals surface area (Å²) >= 11 is 0. The molecule has 0 aromatic heterocycles. The number of anilines is 1. The van der Waals surface area contributed by atoms with Crippen LogP contribution in [0.4, 0.5) is 10.1 Å². The average molecular weight is 262 g/mol. The molecule has 17 heavy (non-hydrogen) atoms. The van der Waals surface area contributed by atoms with Gasteiger partial charge in [0.15, 0.2) is 0 Å². The van der Waals surface area contributed by atoms with Crippen molar-refractivity contribution in [1.29, 1.82) is 0 Å². The molecule has 7 heteroatoms. The van der Waals surface area contributed by atoms with Crippen LogP contribution >= 0.6 is 0 Å². The Morgan fingerprint density at radius 2 is 2.12 bits per heavy atom. The zero-order chi connectivity index (χ0) is 13.2. The molecule has 0 spiro atoms. The molecule has 96 valence electrons. The van der Waals surface area contributed by atoms with Gasteiger partial charge in [0.1, 0.15) is 10.7 Å². The van der Waals surface area contributed by atoms with Gasteiger partial charge < -0.3 is 10.8 Å². The molecule has 5 nitrogen and oxygen atoms in total. The molecule has 0 unspecified atom stereocenters. The largest absolute Gasteiger partial charge is 0.398 e. The zero-order valence-electron chi connectivity index (χ0n) is 9.57. The lowest BCUT2D eigenvalue weighted by atomic mass is 10.2. The first-order valence-electron chi connectivity index (χ1n) is 4.97. The normalized spacial score (nSPS) is 13.6. The standard InChI is InChI=1S/C10H15FN2O3S/c1-6-3-8(11)10(4-9(6)12)17(15,16)13-5-7(2)14/h3-4,7,13-14H,5,12H2,1-2H3/t7-/m1/s1. The summed E-state index contributed by atoms with van der Waals surface area (Å²) in [5.41, 5.74) is 6.20. The van der Waals surface area contributed by atoms with E-state index in [1.807, 2.05) is 0 Å². The maximum Gasteiger partial charge on any atom is 0.243 e. The van der Waals surface area contributed by atoms with Crippen LogP contribution in [0.25, 0.3) is 0 Å². The number of hydrogen-bond donors (Lipinski definition) is 3. The lowest BCUT2D eigenvalue weighted by Crippen LogP contribution is -2.31. The number of sulfonamides is 1. The summed E-state index contributed by atoms with van der Waals surface area (Å²) in [4.78, 5) is -0.513. The third kappa shape index (κ3) is 3.39. The van der Waals surface area contributed by atoms with Gasteiger partial charge in [-0.1, -0.05) is 0 Å². The number of rotatable bonds is 4. The van der Waals surface area contributed by atoms with Gasteiger partial charge in [-0.05, 0) is 31.5 Å². The lowest BCUT2D eigenvalue weighted by Gasteiger charge is -2.10. The molecular weight excluding hydrogens is 247 g/mol. The van der Waals surface area contributed by atoms with Gasteiger partial charge in [0.05, 0.1) is 6.10 Å².